The van der Waals surface area contributed by atoms with Crippen LogP contribution in [0.15, 0.2) is 40.9 Å². The van der Waals surface area contributed by atoms with Crippen LogP contribution in [-0.4, -0.2) is 42.2 Å². The van der Waals surface area contributed by atoms with E-state index in [1.807, 2.05) is 50.2 Å². The van der Waals surface area contributed by atoms with Gasteiger partial charge in [-0.05, 0) is 59.1 Å². The van der Waals surface area contributed by atoms with Crippen LogP contribution < -0.4 is 24.8 Å². The molecule has 1 amide bonds. The standard InChI is InChI=1S/C25H27BrN4O4/c1-15-20(14-27-9-10-28-17(3)31)16(2)30-25(29-15)34-22-6-4-5-19(24(22)26)18-7-8-21-23(13-18)33-12-11-32-21/h4-8,13,27H,9-12,14H2,1-3H3,(H,28,31). The summed E-state index contributed by atoms with van der Waals surface area (Å²) in [5, 5.41) is 6.07. The van der Waals surface area contributed by atoms with Crippen molar-refractivity contribution in [1.82, 2.24) is 20.6 Å². The summed E-state index contributed by atoms with van der Waals surface area (Å²) in [6.07, 6.45) is 0. The van der Waals surface area contributed by atoms with Crippen LogP contribution in [0.2, 0.25) is 0 Å². The van der Waals surface area contributed by atoms with Crippen molar-refractivity contribution in [3.63, 3.8) is 0 Å². The molecule has 1 aromatic heterocycles. The molecule has 0 fully saturated rings. The van der Waals surface area contributed by atoms with E-state index in [9.17, 15) is 4.79 Å². The molecule has 0 atom stereocenters. The van der Waals surface area contributed by atoms with Gasteiger partial charge in [-0.25, -0.2) is 0 Å². The smallest absolute Gasteiger partial charge is 0.322 e. The second-order valence-corrected chi connectivity index (χ2v) is 8.69. The number of aryl methyl sites for hydroxylation is 2. The van der Waals surface area contributed by atoms with E-state index in [-0.39, 0.29) is 11.9 Å². The number of benzene rings is 2. The van der Waals surface area contributed by atoms with Gasteiger partial charge in [0.15, 0.2) is 11.5 Å². The molecule has 2 aromatic carbocycles. The number of nitrogens with zero attached hydrogens (tertiary/aromatic N) is 2. The number of hydrogen-bond acceptors (Lipinski definition) is 7. The van der Waals surface area contributed by atoms with Crippen molar-refractivity contribution < 1.29 is 19.0 Å². The Hall–Kier alpha value is -3.17. The van der Waals surface area contributed by atoms with Gasteiger partial charge < -0.3 is 24.8 Å². The average Bonchev–Trinajstić information content (AvgIpc) is 2.81. The number of amides is 1. The lowest BCUT2D eigenvalue weighted by Gasteiger charge is -2.19. The lowest BCUT2D eigenvalue weighted by atomic mass is 10.0. The normalized spacial score (nSPS) is 12.4. The highest BCUT2D eigenvalue weighted by atomic mass is 79.9. The van der Waals surface area contributed by atoms with Crippen LogP contribution in [0.5, 0.6) is 23.3 Å². The minimum atomic E-state index is -0.0387. The van der Waals surface area contributed by atoms with Crippen LogP contribution in [0.25, 0.3) is 11.1 Å². The molecule has 0 unspecified atom stereocenters. The van der Waals surface area contributed by atoms with Crippen LogP contribution >= 0.6 is 15.9 Å². The zero-order chi connectivity index (χ0) is 24.1. The molecular weight excluding hydrogens is 500 g/mol. The first-order valence-electron chi connectivity index (χ1n) is 11.1. The highest BCUT2D eigenvalue weighted by Crippen LogP contribution is 2.40. The van der Waals surface area contributed by atoms with Crippen molar-refractivity contribution in [3.8, 4) is 34.4 Å². The molecule has 178 valence electrons. The molecule has 0 aliphatic carbocycles. The van der Waals surface area contributed by atoms with E-state index in [1.165, 1.54) is 6.92 Å². The molecular formula is C25H27BrN4O4. The van der Waals surface area contributed by atoms with E-state index in [0.29, 0.717) is 38.6 Å². The fourth-order valence-corrected chi connectivity index (χ4v) is 4.25. The molecule has 0 saturated carbocycles. The largest absolute Gasteiger partial charge is 0.486 e. The molecule has 3 aromatic rings. The summed E-state index contributed by atoms with van der Waals surface area (Å²) in [6, 6.07) is 12.0. The fraction of sp³-hybridized carbons (Fsp3) is 0.320. The Morgan fingerprint density at radius 1 is 1.06 bits per heavy atom. The number of fused-ring (bicyclic) bond motifs is 1. The van der Waals surface area contributed by atoms with Crippen molar-refractivity contribution >= 4 is 21.8 Å². The number of halogens is 1. The third kappa shape index (κ3) is 5.66. The maximum absolute atomic E-state index is 11.0. The van der Waals surface area contributed by atoms with Gasteiger partial charge in [-0.1, -0.05) is 18.2 Å². The molecule has 34 heavy (non-hydrogen) atoms. The summed E-state index contributed by atoms with van der Waals surface area (Å²) in [6.45, 7) is 8.33. The third-order valence-electron chi connectivity index (χ3n) is 5.40. The van der Waals surface area contributed by atoms with Crippen LogP contribution in [0, 0.1) is 13.8 Å². The van der Waals surface area contributed by atoms with Crippen LogP contribution in [0.4, 0.5) is 0 Å². The van der Waals surface area contributed by atoms with E-state index in [0.717, 1.165) is 44.0 Å². The zero-order valence-electron chi connectivity index (χ0n) is 19.4. The summed E-state index contributed by atoms with van der Waals surface area (Å²) >= 11 is 3.69. The molecule has 4 rings (SSSR count). The quantitative estimate of drug-likeness (QED) is 0.422. The predicted molar refractivity (Wildman–Crippen MR) is 133 cm³/mol. The van der Waals surface area contributed by atoms with E-state index in [2.05, 4.69) is 36.5 Å². The summed E-state index contributed by atoms with van der Waals surface area (Å²) < 4.78 is 18.2. The van der Waals surface area contributed by atoms with Crippen molar-refractivity contribution in [2.75, 3.05) is 26.3 Å². The summed E-state index contributed by atoms with van der Waals surface area (Å²) in [5.74, 6) is 2.07. The Bertz CT molecular complexity index is 1180. The van der Waals surface area contributed by atoms with Crippen molar-refractivity contribution in [3.05, 3.63) is 57.8 Å². The Labute approximate surface area is 207 Å². The van der Waals surface area contributed by atoms with E-state index in [1.54, 1.807) is 0 Å². The average molecular weight is 527 g/mol. The fourth-order valence-electron chi connectivity index (χ4n) is 3.67. The Kier molecular flexibility index (Phi) is 7.64. The molecule has 8 nitrogen and oxygen atoms in total. The van der Waals surface area contributed by atoms with E-state index in [4.69, 9.17) is 14.2 Å². The van der Waals surface area contributed by atoms with Gasteiger partial charge in [0, 0.05) is 43.5 Å². The number of carbonyl (C=O) groups is 1. The maximum atomic E-state index is 11.0. The van der Waals surface area contributed by atoms with Gasteiger partial charge in [0.1, 0.15) is 19.0 Å². The summed E-state index contributed by atoms with van der Waals surface area (Å²) in [7, 11) is 0. The first-order chi connectivity index (χ1) is 16.4. The van der Waals surface area contributed by atoms with Crippen LogP contribution in [0.1, 0.15) is 23.9 Å². The molecule has 1 aliphatic heterocycles. The Morgan fingerprint density at radius 3 is 2.53 bits per heavy atom. The molecule has 0 spiro atoms. The molecule has 2 N–H and O–H groups in total. The van der Waals surface area contributed by atoms with Gasteiger partial charge in [-0.2, -0.15) is 9.97 Å². The van der Waals surface area contributed by atoms with E-state index < -0.39 is 0 Å². The predicted octanol–water partition coefficient (Wildman–Crippen LogP) is 4.31. The van der Waals surface area contributed by atoms with Crippen LogP contribution in [0.3, 0.4) is 0 Å². The third-order valence-corrected chi connectivity index (χ3v) is 6.21. The second kappa shape index (κ2) is 10.8. The van der Waals surface area contributed by atoms with Gasteiger partial charge >= 0.3 is 6.01 Å². The number of carbonyl (C=O) groups excluding carboxylic acids is 1. The van der Waals surface area contributed by atoms with E-state index >= 15 is 0 Å². The second-order valence-electron chi connectivity index (χ2n) is 7.89. The molecule has 1 aliphatic rings. The monoisotopic (exact) mass is 526 g/mol. The number of rotatable bonds is 8. The number of aromatic nitrogens is 2. The first-order valence-corrected chi connectivity index (χ1v) is 11.9. The van der Waals surface area contributed by atoms with Gasteiger partial charge in [-0.3, -0.25) is 4.79 Å². The highest BCUT2D eigenvalue weighted by Gasteiger charge is 2.17. The topological polar surface area (TPSA) is 94.6 Å². The minimum absolute atomic E-state index is 0.0387. The van der Waals surface area contributed by atoms with Gasteiger partial charge in [-0.15, -0.1) is 0 Å². The zero-order valence-corrected chi connectivity index (χ0v) is 21.0. The number of nitrogens with one attached hydrogen (secondary N) is 2. The minimum Gasteiger partial charge on any atom is -0.486 e. The molecule has 0 bridgehead atoms. The Balaban J connectivity index is 1.49. The number of hydrogen-bond donors (Lipinski definition) is 2. The lowest BCUT2D eigenvalue weighted by molar-refractivity contribution is -0.118. The SMILES string of the molecule is CC(=O)NCCNCc1c(C)nc(Oc2cccc(-c3ccc4c(c3)OCCO4)c2Br)nc1C. The number of ether oxygens (including phenoxy) is 3. The van der Waals surface area contributed by atoms with Gasteiger partial charge in [0.2, 0.25) is 5.91 Å². The van der Waals surface area contributed by atoms with Gasteiger partial charge in [0.05, 0.1) is 4.47 Å². The highest BCUT2D eigenvalue weighted by molar-refractivity contribution is 9.10. The van der Waals surface area contributed by atoms with Crippen molar-refractivity contribution in [2.24, 2.45) is 0 Å². The molecule has 9 heteroatoms. The Morgan fingerprint density at radius 2 is 1.79 bits per heavy atom. The van der Waals surface area contributed by atoms with Crippen LogP contribution in [-0.2, 0) is 11.3 Å². The maximum Gasteiger partial charge on any atom is 0.322 e. The summed E-state index contributed by atoms with van der Waals surface area (Å²) in [5.41, 5.74) is 4.64. The summed E-state index contributed by atoms with van der Waals surface area (Å²) in [4.78, 5) is 20.1. The lowest BCUT2D eigenvalue weighted by Crippen LogP contribution is -2.30. The molecule has 0 saturated heterocycles. The van der Waals surface area contributed by atoms with Crippen molar-refractivity contribution in [1.29, 1.82) is 0 Å². The van der Waals surface area contributed by atoms with Crippen molar-refractivity contribution in [2.45, 2.75) is 27.3 Å². The first kappa shape index (κ1) is 24.0. The molecule has 2 heterocycles. The molecule has 0 radical (unpaired) electrons. The van der Waals surface area contributed by atoms with Gasteiger partial charge in [0.25, 0.3) is 0 Å².